The van der Waals surface area contributed by atoms with Crippen LogP contribution in [0.15, 0.2) is 55.5 Å². The summed E-state index contributed by atoms with van der Waals surface area (Å²) in [6, 6.07) is 9.90. The Balaban J connectivity index is 1.21. The van der Waals surface area contributed by atoms with E-state index in [1.807, 2.05) is 23.4 Å². The lowest BCUT2D eigenvalue weighted by Crippen LogP contribution is -2.44. The average molecular weight is 513 g/mol. The normalized spacial score (nSPS) is 16.6. The van der Waals surface area contributed by atoms with Gasteiger partial charge in [-0.25, -0.2) is 9.37 Å². The van der Waals surface area contributed by atoms with Crippen molar-refractivity contribution in [3.05, 3.63) is 72.6 Å². The van der Waals surface area contributed by atoms with E-state index in [-0.39, 0.29) is 5.82 Å². The molecule has 0 aliphatic carbocycles. The van der Waals surface area contributed by atoms with Crippen molar-refractivity contribution in [3.63, 3.8) is 0 Å². The summed E-state index contributed by atoms with van der Waals surface area (Å²) in [5.74, 6) is 0.0319. The highest BCUT2D eigenvalue weighted by atomic mass is 19.1. The molecular formula is C29H33FN8. The second-order valence-corrected chi connectivity index (χ2v) is 10.1. The van der Waals surface area contributed by atoms with E-state index in [1.54, 1.807) is 6.20 Å². The first-order chi connectivity index (χ1) is 18.6. The lowest BCUT2D eigenvalue weighted by Gasteiger charge is -2.28. The smallest absolute Gasteiger partial charge is 0.167 e. The van der Waals surface area contributed by atoms with Crippen LogP contribution >= 0.6 is 0 Å². The van der Waals surface area contributed by atoms with Crippen LogP contribution in [0.5, 0.6) is 0 Å². The van der Waals surface area contributed by atoms with Gasteiger partial charge in [0.1, 0.15) is 5.69 Å². The number of aromatic nitrogens is 4. The summed E-state index contributed by atoms with van der Waals surface area (Å²) >= 11 is 0. The van der Waals surface area contributed by atoms with Crippen LogP contribution in [0.1, 0.15) is 30.5 Å². The molecule has 3 N–H and O–H groups in total. The molecular weight excluding hydrogens is 479 g/mol. The lowest BCUT2D eigenvalue weighted by atomic mass is 10.0. The predicted molar refractivity (Wildman–Crippen MR) is 150 cm³/mol. The molecule has 0 spiro atoms. The number of piperazine rings is 1. The topological polar surface area (TPSA) is 85.0 Å². The minimum Gasteiger partial charge on any atom is -0.353 e. The number of pyridine rings is 2. The van der Waals surface area contributed by atoms with E-state index in [4.69, 9.17) is 0 Å². The van der Waals surface area contributed by atoms with Crippen LogP contribution in [0.3, 0.4) is 0 Å². The number of likely N-dealkylation sites (tertiary alicyclic amines) is 1. The summed E-state index contributed by atoms with van der Waals surface area (Å²) in [5, 5.41) is 15.0. The molecule has 2 aliphatic rings. The molecule has 0 amide bonds. The van der Waals surface area contributed by atoms with Crippen molar-refractivity contribution < 1.29 is 4.39 Å². The number of nitrogens with zero attached hydrogens (tertiary/aromatic N) is 5. The number of piperidine rings is 1. The average Bonchev–Trinajstić information content (AvgIpc) is 3.38. The van der Waals surface area contributed by atoms with Crippen LogP contribution in [0.2, 0.25) is 0 Å². The van der Waals surface area contributed by atoms with Crippen molar-refractivity contribution in [2.75, 3.05) is 49.5 Å². The highest BCUT2D eigenvalue weighted by Gasteiger charge is 2.18. The largest absolute Gasteiger partial charge is 0.353 e. The molecule has 8 nitrogen and oxygen atoms in total. The van der Waals surface area contributed by atoms with Gasteiger partial charge >= 0.3 is 0 Å². The Morgan fingerprint density at radius 2 is 1.82 bits per heavy atom. The second-order valence-electron chi connectivity index (χ2n) is 10.1. The maximum Gasteiger partial charge on any atom is 0.167 e. The van der Waals surface area contributed by atoms with Crippen LogP contribution in [0, 0.1) is 5.82 Å². The van der Waals surface area contributed by atoms with Crippen molar-refractivity contribution in [1.82, 2.24) is 30.4 Å². The summed E-state index contributed by atoms with van der Waals surface area (Å²) in [5.41, 5.74) is 6.06. The van der Waals surface area contributed by atoms with Gasteiger partial charge in [-0.3, -0.25) is 15.0 Å². The van der Waals surface area contributed by atoms with Crippen molar-refractivity contribution in [2.24, 2.45) is 0 Å². The van der Waals surface area contributed by atoms with Gasteiger partial charge in [0, 0.05) is 62.1 Å². The molecule has 1 aromatic carbocycles. The number of aromatic amines is 1. The van der Waals surface area contributed by atoms with Gasteiger partial charge in [-0.1, -0.05) is 19.1 Å². The third-order valence-corrected chi connectivity index (χ3v) is 7.37. The standard InChI is InChI=1S/C29H33FN8/c1-20(34-24-15-26(30)29(33-18-24)38-11-7-31-8-12-38)28-25-14-22(5-6-27(25)35-36-28)23-13-21(16-32-17-23)19-37-9-3-2-4-10-37/h5-6,13-18,31,34H,1-4,7-12,19H2,(H,35,36). The maximum atomic E-state index is 14.9. The molecule has 0 unspecified atom stereocenters. The Bertz CT molecular complexity index is 1440. The van der Waals surface area contributed by atoms with E-state index >= 15 is 0 Å². The first-order valence-corrected chi connectivity index (χ1v) is 13.4. The fourth-order valence-corrected chi connectivity index (χ4v) is 5.37. The van der Waals surface area contributed by atoms with Crippen molar-refractivity contribution in [2.45, 2.75) is 25.8 Å². The zero-order chi connectivity index (χ0) is 25.9. The number of benzene rings is 1. The summed E-state index contributed by atoms with van der Waals surface area (Å²) in [6.45, 7) is 10.5. The van der Waals surface area contributed by atoms with E-state index in [1.165, 1.54) is 30.9 Å². The van der Waals surface area contributed by atoms with Gasteiger partial charge in [0.15, 0.2) is 11.6 Å². The summed E-state index contributed by atoms with van der Waals surface area (Å²) in [4.78, 5) is 13.4. The number of fused-ring (bicyclic) bond motifs is 1. The third-order valence-electron chi connectivity index (χ3n) is 7.37. The number of H-pyrrole nitrogens is 1. The Kier molecular flexibility index (Phi) is 7.02. The first kappa shape index (κ1) is 24.5. The molecule has 3 aromatic heterocycles. The Morgan fingerprint density at radius 1 is 0.974 bits per heavy atom. The van der Waals surface area contributed by atoms with E-state index in [2.05, 4.69) is 60.5 Å². The van der Waals surface area contributed by atoms with E-state index in [0.717, 1.165) is 67.8 Å². The van der Waals surface area contributed by atoms with Gasteiger partial charge in [0.05, 0.1) is 23.1 Å². The first-order valence-electron chi connectivity index (χ1n) is 13.4. The molecule has 9 heteroatoms. The minimum atomic E-state index is -0.351. The molecule has 2 aliphatic heterocycles. The van der Waals surface area contributed by atoms with Crippen LogP contribution in [0.25, 0.3) is 27.7 Å². The molecule has 196 valence electrons. The molecule has 0 bridgehead atoms. The number of hydrogen-bond acceptors (Lipinski definition) is 7. The van der Waals surface area contributed by atoms with Crippen molar-refractivity contribution >= 4 is 28.1 Å². The van der Waals surface area contributed by atoms with Crippen molar-refractivity contribution in [1.29, 1.82) is 0 Å². The number of hydrogen-bond donors (Lipinski definition) is 3. The molecule has 0 radical (unpaired) electrons. The summed E-state index contributed by atoms with van der Waals surface area (Å²) in [7, 11) is 0. The summed E-state index contributed by atoms with van der Waals surface area (Å²) in [6.07, 6.45) is 9.39. The quantitative estimate of drug-likeness (QED) is 0.333. The number of anilines is 2. The van der Waals surface area contributed by atoms with Crippen LogP contribution in [-0.4, -0.2) is 64.3 Å². The van der Waals surface area contributed by atoms with Gasteiger partial charge in [0.2, 0.25) is 0 Å². The Labute approximate surface area is 222 Å². The molecule has 38 heavy (non-hydrogen) atoms. The zero-order valence-electron chi connectivity index (χ0n) is 21.5. The van der Waals surface area contributed by atoms with Crippen LogP contribution < -0.4 is 15.5 Å². The van der Waals surface area contributed by atoms with E-state index in [0.29, 0.717) is 22.9 Å². The third kappa shape index (κ3) is 5.25. The monoisotopic (exact) mass is 512 g/mol. The fourth-order valence-electron chi connectivity index (χ4n) is 5.37. The van der Waals surface area contributed by atoms with Gasteiger partial charge in [-0.05, 0) is 55.3 Å². The maximum absolute atomic E-state index is 14.9. The minimum absolute atomic E-state index is 0.351. The molecule has 0 atom stereocenters. The van der Waals surface area contributed by atoms with Gasteiger partial charge in [0.25, 0.3) is 0 Å². The second kappa shape index (κ2) is 10.9. The van der Waals surface area contributed by atoms with Gasteiger partial charge in [-0.15, -0.1) is 0 Å². The Hall–Kier alpha value is -3.82. The zero-order valence-corrected chi connectivity index (χ0v) is 21.5. The van der Waals surface area contributed by atoms with Gasteiger partial charge in [-0.2, -0.15) is 5.10 Å². The van der Waals surface area contributed by atoms with E-state index in [9.17, 15) is 4.39 Å². The fraction of sp³-hybridized carbons (Fsp3) is 0.345. The summed E-state index contributed by atoms with van der Waals surface area (Å²) < 4.78 is 14.9. The molecule has 5 heterocycles. The molecule has 6 rings (SSSR count). The van der Waals surface area contributed by atoms with E-state index < -0.39 is 0 Å². The molecule has 4 aromatic rings. The Morgan fingerprint density at radius 3 is 2.63 bits per heavy atom. The lowest BCUT2D eigenvalue weighted by molar-refractivity contribution is 0.220. The van der Waals surface area contributed by atoms with Crippen LogP contribution in [0.4, 0.5) is 15.9 Å². The molecule has 2 saturated heterocycles. The van der Waals surface area contributed by atoms with Gasteiger partial charge < -0.3 is 15.5 Å². The van der Waals surface area contributed by atoms with Crippen molar-refractivity contribution in [3.8, 4) is 11.1 Å². The predicted octanol–water partition coefficient (Wildman–Crippen LogP) is 4.64. The highest BCUT2D eigenvalue weighted by molar-refractivity contribution is 5.95. The molecule has 0 saturated carbocycles. The highest BCUT2D eigenvalue weighted by Crippen LogP contribution is 2.29. The van der Waals surface area contributed by atoms with Crippen LogP contribution in [-0.2, 0) is 6.54 Å². The number of nitrogens with one attached hydrogen (secondary N) is 3. The number of rotatable bonds is 7. The molecule has 2 fully saturated rings. The SMILES string of the molecule is C=C(Nc1cnc(N2CCNCC2)c(F)c1)c1n[nH]c2ccc(-c3cncc(CN4CCCCC4)c3)cc12. The number of halogens is 1.